The number of rotatable bonds is 3. The van der Waals surface area contributed by atoms with Gasteiger partial charge in [-0.05, 0) is 52.9 Å². The van der Waals surface area contributed by atoms with Crippen LogP contribution in [0.2, 0.25) is 5.02 Å². The zero-order chi connectivity index (χ0) is 17.9. The van der Waals surface area contributed by atoms with Gasteiger partial charge in [-0.3, -0.25) is 4.79 Å². The number of benzene rings is 2. The van der Waals surface area contributed by atoms with Crippen LogP contribution < -0.4 is 4.90 Å². The summed E-state index contributed by atoms with van der Waals surface area (Å²) >= 11 is 5.95. The third-order valence-electron chi connectivity index (χ3n) is 4.47. The first-order valence-electron chi connectivity index (χ1n) is 8.34. The molecule has 2 aromatic carbocycles. The van der Waals surface area contributed by atoms with Crippen LogP contribution in [0.4, 0.5) is 5.69 Å². The Morgan fingerprint density at radius 2 is 1.73 bits per heavy atom. The fourth-order valence-corrected chi connectivity index (χ4v) is 3.19. The van der Waals surface area contributed by atoms with E-state index in [1.807, 2.05) is 53.4 Å². The summed E-state index contributed by atoms with van der Waals surface area (Å²) in [4.78, 5) is 17.0. The SMILES string of the molecule is O=C(c1cccc(-n2cnnn2)c1)N1CCN(c2ccc(Cl)cc2)CC1. The highest BCUT2D eigenvalue weighted by atomic mass is 35.5. The molecule has 26 heavy (non-hydrogen) atoms. The van der Waals surface area contributed by atoms with Gasteiger partial charge in [0, 0.05) is 42.5 Å². The maximum absolute atomic E-state index is 12.8. The molecule has 0 N–H and O–H groups in total. The molecule has 1 aliphatic rings. The Kier molecular flexibility index (Phi) is 4.53. The molecule has 8 heteroatoms. The van der Waals surface area contributed by atoms with Crippen LogP contribution in [0.15, 0.2) is 54.9 Å². The van der Waals surface area contributed by atoms with Gasteiger partial charge in [0.05, 0.1) is 5.69 Å². The summed E-state index contributed by atoms with van der Waals surface area (Å²) in [7, 11) is 0. The van der Waals surface area contributed by atoms with E-state index in [1.54, 1.807) is 0 Å². The highest BCUT2D eigenvalue weighted by molar-refractivity contribution is 6.30. The second kappa shape index (κ2) is 7.13. The standard InChI is InChI=1S/C18H17ClN6O/c19-15-4-6-16(7-5-15)23-8-10-24(11-9-23)18(26)14-2-1-3-17(12-14)25-13-20-21-22-25/h1-7,12-13H,8-11H2. The van der Waals surface area contributed by atoms with Gasteiger partial charge in [0.2, 0.25) is 0 Å². The average Bonchev–Trinajstić information content (AvgIpc) is 3.23. The molecule has 1 aromatic heterocycles. The van der Waals surface area contributed by atoms with E-state index in [-0.39, 0.29) is 5.91 Å². The van der Waals surface area contributed by atoms with E-state index in [0.29, 0.717) is 18.7 Å². The van der Waals surface area contributed by atoms with E-state index in [1.165, 1.54) is 11.0 Å². The number of carbonyl (C=O) groups excluding carboxylic acids is 1. The van der Waals surface area contributed by atoms with Crippen LogP contribution in [0.1, 0.15) is 10.4 Å². The van der Waals surface area contributed by atoms with Crippen molar-refractivity contribution in [2.75, 3.05) is 31.1 Å². The van der Waals surface area contributed by atoms with Crippen molar-refractivity contribution in [1.29, 1.82) is 0 Å². The van der Waals surface area contributed by atoms with Crippen LogP contribution in [0.5, 0.6) is 0 Å². The predicted molar refractivity (Wildman–Crippen MR) is 98.7 cm³/mol. The molecule has 0 atom stereocenters. The Morgan fingerprint density at radius 1 is 0.962 bits per heavy atom. The molecule has 7 nitrogen and oxygen atoms in total. The monoisotopic (exact) mass is 368 g/mol. The molecule has 4 rings (SSSR count). The van der Waals surface area contributed by atoms with E-state index in [0.717, 1.165) is 29.5 Å². The molecule has 1 saturated heterocycles. The second-order valence-corrected chi connectivity index (χ2v) is 6.50. The minimum absolute atomic E-state index is 0.0238. The lowest BCUT2D eigenvalue weighted by molar-refractivity contribution is 0.0746. The van der Waals surface area contributed by atoms with Crippen molar-refractivity contribution in [2.24, 2.45) is 0 Å². The molecule has 0 unspecified atom stereocenters. The molecule has 0 spiro atoms. The van der Waals surface area contributed by atoms with Gasteiger partial charge in [-0.15, -0.1) is 5.10 Å². The summed E-state index contributed by atoms with van der Waals surface area (Å²) in [5.74, 6) is 0.0238. The summed E-state index contributed by atoms with van der Waals surface area (Å²) in [6, 6.07) is 15.1. The summed E-state index contributed by atoms with van der Waals surface area (Å²) in [6.45, 7) is 2.94. The Balaban J connectivity index is 1.44. The van der Waals surface area contributed by atoms with Gasteiger partial charge < -0.3 is 9.80 Å². The molecule has 1 fully saturated rings. The van der Waals surface area contributed by atoms with Gasteiger partial charge in [0.1, 0.15) is 6.33 Å². The molecular weight excluding hydrogens is 352 g/mol. The lowest BCUT2D eigenvalue weighted by Crippen LogP contribution is -2.48. The number of hydrogen-bond donors (Lipinski definition) is 0. The third-order valence-corrected chi connectivity index (χ3v) is 4.72. The molecule has 0 bridgehead atoms. The number of amides is 1. The van der Waals surface area contributed by atoms with Gasteiger partial charge >= 0.3 is 0 Å². The first-order chi connectivity index (χ1) is 12.7. The number of anilines is 1. The smallest absolute Gasteiger partial charge is 0.254 e. The van der Waals surface area contributed by atoms with Crippen molar-refractivity contribution in [1.82, 2.24) is 25.1 Å². The van der Waals surface area contributed by atoms with Crippen molar-refractivity contribution in [3.8, 4) is 5.69 Å². The van der Waals surface area contributed by atoms with E-state index in [2.05, 4.69) is 20.4 Å². The number of nitrogens with zero attached hydrogens (tertiary/aromatic N) is 6. The van der Waals surface area contributed by atoms with Gasteiger partial charge in [0.15, 0.2) is 0 Å². The quantitative estimate of drug-likeness (QED) is 0.709. The van der Waals surface area contributed by atoms with Crippen LogP contribution in [0, 0.1) is 0 Å². The zero-order valence-corrected chi connectivity index (χ0v) is 14.8. The van der Waals surface area contributed by atoms with Crippen LogP contribution in [0.3, 0.4) is 0 Å². The number of carbonyl (C=O) groups is 1. The number of piperazine rings is 1. The Labute approximate surface area is 155 Å². The lowest BCUT2D eigenvalue weighted by atomic mass is 10.1. The highest BCUT2D eigenvalue weighted by Crippen LogP contribution is 2.20. The molecule has 1 aliphatic heterocycles. The number of tetrazole rings is 1. The molecule has 1 amide bonds. The van der Waals surface area contributed by atoms with Crippen LogP contribution in [-0.4, -0.2) is 57.2 Å². The van der Waals surface area contributed by atoms with E-state index >= 15 is 0 Å². The van der Waals surface area contributed by atoms with Crippen molar-refractivity contribution in [3.05, 3.63) is 65.4 Å². The summed E-state index contributed by atoms with van der Waals surface area (Å²) < 4.78 is 1.54. The fourth-order valence-electron chi connectivity index (χ4n) is 3.06. The summed E-state index contributed by atoms with van der Waals surface area (Å²) in [5, 5.41) is 11.8. The first-order valence-corrected chi connectivity index (χ1v) is 8.72. The minimum Gasteiger partial charge on any atom is -0.368 e. The average molecular weight is 369 g/mol. The molecule has 132 valence electrons. The van der Waals surface area contributed by atoms with Crippen LogP contribution in [0.25, 0.3) is 5.69 Å². The van der Waals surface area contributed by atoms with Crippen molar-refractivity contribution >= 4 is 23.2 Å². The molecule has 0 aliphatic carbocycles. The lowest BCUT2D eigenvalue weighted by Gasteiger charge is -2.36. The van der Waals surface area contributed by atoms with Gasteiger partial charge in [-0.2, -0.15) is 0 Å². The zero-order valence-electron chi connectivity index (χ0n) is 14.0. The summed E-state index contributed by atoms with van der Waals surface area (Å²) in [5.41, 5.74) is 2.53. The van der Waals surface area contributed by atoms with Crippen molar-refractivity contribution < 1.29 is 4.79 Å². The molecule has 0 radical (unpaired) electrons. The Morgan fingerprint density at radius 3 is 2.42 bits per heavy atom. The van der Waals surface area contributed by atoms with Crippen molar-refractivity contribution in [2.45, 2.75) is 0 Å². The summed E-state index contributed by atoms with van der Waals surface area (Å²) in [6.07, 6.45) is 1.51. The minimum atomic E-state index is 0.0238. The largest absolute Gasteiger partial charge is 0.368 e. The van der Waals surface area contributed by atoms with Gasteiger partial charge in [-0.25, -0.2) is 4.68 Å². The topological polar surface area (TPSA) is 67.2 Å². The van der Waals surface area contributed by atoms with Crippen LogP contribution in [-0.2, 0) is 0 Å². The number of hydrogen-bond acceptors (Lipinski definition) is 5. The Hall–Kier alpha value is -2.93. The fraction of sp³-hybridized carbons (Fsp3) is 0.222. The maximum Gasteiger partial charge on any atom is 0.254 e. The molecule has 3 aromatic rings. The number of aromatic nitrogens is 4. The highest BCUT2D eigenvalue weighted by Gasteiger charge is 2.22. The Bertz CT molecular complexity index is 888. The predicted octanol–water partition coefficient (Wildman–Crippen LogP) is 2.28. The molecule has 2 heterocycles. The molecule has 0 saturated carbocycles. The normalized spacial score (nSPS) is 14.5. The third kappa shape index (κ3) is 3.39. The van der Waals surface area contributed by atoms with Crippen molar-refractivity contribution in [3.63, 3.8) is 0 Å². The van der Waals surface area contributed by atoms with E-state index < -0.39 is 0 Å². The number of halogens is 1. The maximum atomic E-state index is 12.8. The van der Waals surface area contributed by atoms with E-state index in [4.69, 9.17) is 11.6 Å². The van der Waals surface area contributed by atoms with E-state index in [9.17, 15) is 4.79 Å². The van der Waals surface area contributed by atoms with Gasteiger partial charge in [-0.1, -0.05) is 17.7 Å². The first kappa shape index (κ1) is 16.5. The van der Waals surface area contributed by atoms with Crippen LogP contribution >= 0.6 is 11.6 Å². The second-order valence-electron chi connectivity index (χ2n) is 6.06. The molecular formula is C18H17ClN6O. The van der Waals surface area contributed by atoms with Gasteiger partial charge in [0.25, 0.3) is 5.91 Å².